The number of hydrogen-bond donors (Lipinski definition) is 1. The van der Waals surface area contributed by atoms with Crippen molar-refractivity contribution >= 4 is 5.97 Å². The normalized spacial score (nSPS) is 26.2. The van der Waals surface area contributed by atoms with E-state index in [-0.39, 0.29) is 11.7 Å². The smallest absolute Gasteiger partial charge is 0.307 e. The largest absolute Gasteiger partial charge is 0.494 e. The van der Waals surface area contributed by atoms with Gasteiger partial charge in [0.1, 0.15) is 0 Å². The topological polar surface area (TPSA) is 46.5 Å². The fraction of sp³-hybridized carbons (Fsp3) is 0.562. The number of carboxylic acids is 1. The Labute approximate surface area is 118 Å². The molecular weight excluding hydrogens is 259 g/mol. The molecular formula is C16H21FO3. The Morgan fingerprint density at radius 3 is 2.80 bits per heavy atom. The molecule has 1 aliphatic rings. The summed E-state index contributed by atoms with van der Waals surface area (Å²) in [5.41, 5.74) is 0.481. The van der Waals surface area contributed by atoms with Crippen molar-refractivity contribution in [2.45, 2.75) is 38.5 Å². The molecule has 110 valence electrons. The van der Waals surface area contributed by atoms with Crippen LogP contribution in [0.2, 0.25) is 0 Å². The standard InChI is InChI=1S/C16H21FO3/c1-3-10-7-8-12(16(18)19)13(9-10)11-5-4-6-14(20-2)15(11)17/h4-6,10,12-13H,3,7-9H2,1-2H3,(H,18,19). The molecule has 1 aromatic carbocycles. The molecule has 0 aromatic heterocycles. The van der Waals surface area contributed by atoms with Crippen LogP contribution in [0.5, 0.6) is 5.75 Å². The maximum absolute atomic E-state index is 14.4. The maximum atomic E-state index is 14.4. The first-order valence-electron chi connectivity index (χ1n) is 7.13. The highest BCUT2D eigenvalue weighted by molar-refractivity contribution is 5.71. The molecule has 0 aliphatic heterocycles. The summed E-state index contributed by atoms with van der Waals surface area (Å²) < 4.78 is 19.4. The number of ether oxygens (including phenoxy) is 1. The van der Waals surface area contributed by atoms with Gasteiger partial charge in [-0.15, -0.1) is 0 Å². The Bertz CT molecular complexity index is 487. The molecule has 0 radical (unpaired) electrons. The molecule has 1 saturated carbocycles. The molecule has 20 heavy (non-hydrogen) atoms. The first-order chi connectivity index (χ1) is 9.58. The minimum absolute atomic E-state index is 0.185. The summed E-state index contributed by atoms with van der Waals surface area (Å²) in [6.45, 7) is 2.10. The van der Waals surface area contributed by atoms with Crippen LogP contribution in [0, 0.1) is 17.7 Å². The van der Waals surface area contributed by atoms with Crippen LogP contribution in [0.25, 0.3) is 0 Å². The number of carbonyl (C=O) groups is 1. The van der Waals surface area contributed by atoms with Crippen molar-refractivity contribution in [2.24, 2.45) is 11.8 Å². The molecule has 0 amide bonds. The molecule has 1 N–H and O–H groups in total. The summed E-state index contributed by atoms with van der Waals surface area (Å²) in [4.78, 5) is 11.4. The van der Waals surface area contributed by atoms with Crippen LogP contribution >= 0.6 is 0 Å². The minimum atomic E-state index is -0.827. The third-order valence-electron chi connectivity index (χ3n) is 4.47. The van der Waals surface area contributed by atoms with Gasteiger partial charge in [0.2, 0.25) is 0 Å². The zero-order valence-corrected chi connectivity index (χ0v) is 11.9. The monoisotopic (exact) mass is 280 g/mol. The van der Waals surface area contributed by atoms with E-state index in [0.717, 1.165) is 19.3 Å². The number of halogens is 1. The lowest BCUT2D eigenvalue weighted by molar-refractivity contribution is -0.144. The lowest BCUT2D eigenvalue weighted by Gasteiger charge is -2.34. The molecule has 4 heteroatoms. The highest BCUT2D eigenvalue weighted by atomic mass is 19.1. The van der Waals surface area contributed by atoms with E-state index in [0.29, 0.717) is 17.9 Å². The van der Waals surface area contributed by atoms with Gasteiger partial charge in [-0.05, 0) is 36.8 Å². The fourth-order valence-electron chi connectivity index (χ4n) is 3.24. The van der Waals surface area contributed by atoms with Crippen molar-refractivity contribution in [1.82, 2.24) is 0 Å². The minimum Gasteiger partial charge on any atom is -0.494 e. The van der Waals surface area contributed by atoms with E-state index < -0.39 is 17.7 Å². The maximum Gasteiger partial charge on any atom is 0.307 e. The molecule has 1 aromatic rings. The summed E-state index contributed by atoms with van der Waals surface area (Å²) in [6.07, 6.45) is 3.27. The van der Waals surface area contributed by atoms with Crippen molar-refractivity contribution < 1.29 is 19.0 Å². The zero-order chi connectivity index (χ0) is 14.7. The van der Waals surface area contributed by atoms with Crippen molar-refractivity contribution in [3.63, 3.8) is 0 Å². The van der Waals surface area contributed by atoms with E-state index in [9.17, 15) is 14.3 Å². The van der Waals surface area contributed by atoms with Crippen molar-refractivity contribution in [1.29, 1.82) is 0 Å². The predicted molar refractivity (Wildman–Crippen MR) is 74.5 cm³/mol. The van der Waals surface area contributed by atoms with Crippen LogP contribution in [0.15, 0.2) is 18.2 Å². The van der Waals surface area contributed by atoms with Gasteiger partial charge in [-0.25, -0.2) is 4.39 Å². The molecule has 0 saturated heterocycles. The first-order valence-corrected chi connectivity index (χ1v) is 7.13. The fourth-order valence-corrected chi connectivity index (χ4v) is 3.24. The third kappa shape index (κ3) is 2.79. The molecule has 1 fully saturated rings. The molecule has 3 unspecified atom stereocenters. The van der Waals surface area contributed by atoms with Crippen LogP contribution in [-0.4, -0.2) is 18.2 Å². The van der Waals surface area contributed by atoms with Gasteiger partial charge in [0, 0.05) is 5.92 Å². The zero-order valence-electron chi connectivity index (χ0n) is 11.9. The summed E-state index contributed by atoms with van der Waals surface area (Å²) in [6, 6.07) is 4.98. The Balaban J connectivity index is 2.37. The molecule has 3 atom stereocenters. The average Bonchev–Trinajstić information content (AvgIpc) is 2.46. The van der Waals surface area contributed by atoms with Gasteiger partial charge in [-0.3, -0.25) is 4.79 Å². The second-order valence-electron chi connectivity index (χ2n) is 5.50. The van der Waals surface area contributed by atoms with Crippen LogP contribution in [-0.2, 0) is 4.79 Å². The van der Waals surface area contributed by atoms with Gasteiger partial charge >= 0.3 is 5.97 Å². The van der Waals surface area contributed by atoms with Gasteiger partial charge in [0.25, 0.3) is 0 Å². The summed E-state index contributed by atoms with van der Waals surface area (Å²) in [5.74, 6) is -1.35. The highest BCUT2D eigenvalue weighted by Gasteiger charge is 2.37. The molecule has 0 heterocycles. The van der Waals surface area contributed by atoms with Crippen molar-refractivity contribution in [3.8, 4) is 5.75 Å². The molecule has 0 spiro atoms. The van der Waals surface area contributed by atoms with E-state index in [2.05, 4.69) is 6.92 Å². The number of aliphatic carboxylic acids is 1. The first kappa shape index (κ1) is 14.8. The van der Waals surface area contributed by atoms with E-state index in [1.807, 2.05) is 0 Å². The lowest BCUT2D eigenvalue weighted by Crippen LogP contribution is -2.29. The number of benzene rings is 1. The SMILES string of the molecule is CCC1CCC(C(=O)O)C(c2cccc(OC)c2F)C1. The summed E-state index contributed by atoms with van der Waals surface area (Å²) in [7, 11) is 1.42. The Hall–Kier alpha value is -1.58. The van der Waals surface area contributed by atoms with Crippen LogP contribution < -0.4 is 4.74 Å². The number of rotatable bonds is 4. The number of hydrogen-bond acceptors (Lipinski definition) is 2. The van der Waals surface area contributed by atoms with E-state index in [1.54, 1.807) is 18.2 Å². The second-order valence-corrected chi connectivity index (χ2v) is 5.50. The van der Waals surface area contributed by atoms with Crippen LogP contribution in [0.1, 0.15) is 44.1 Å². The number of methoxy groups -OCH3 is 1. The summed E-state index contributed by atoms with van der Waals surface area (Å²) in [5, 5.41) is 9.39. The van der Waals surface area contributed by atoms with E-state index in [4.69, 9.17) is 4.74 Å². The quantitative estimate of drug-likeness (QED) is 0.911. The van der Waals surface area contributed by atoms with Gasteiger partial charge in [0.15, 0.2) is 11.6 Å². The van der Waals surface area contributed by atoms with Gasteiger partial charge < -0.3 is 9.84 Å². The van der Waals surface area contributed by atoms with E-state index in [1.165, 1.54) is 7.11 Å². The average molecular weight is 280 g/mol. The second kappa shape index (κ2) is 6.25. The van der Waals surface area contributed by atoms with Gasteiger partial charge in [-0.2, -0.15) is 0 Å². The highest BCUT2D eigenvalue weighted by Crippen LogP contribution is 2.43. The Morgan fingerprint density at radius 2 is 2.20 bits per heavy atom. The Morgan fingerprint density at radius 1 is 1.45 bits per heavy atom. The van der Waals surface area contributed by atoms with Gasteiger partial charge in [0.05, 0.1) is 13.0 Å². The van der Waals surface area contributed by atoms with Crippen LogP contribution in [0.3, 0.4) is 0 Å². The Kier molecular flexibility index (Phi) is 4.63. The predicted octanol–water partition coefficient (Wildman–Crippen LogP) is 3.83. The molecule has 1 aliphatic carbocycles. The third-order valence-corrected chi connectivity index (χ3v) is 4.47. The van der Waals surface area contributed by atoms with Gasteiger partial charge in [-0.1, -0.05) is 25.5 Å². The lowest BCUT2D eigenvalue weighted by atomic mass is 9.70. The molecule has 2 rings (SSSR count). The molecule has 3 nitrogen and oxygen atoms in total. The van der Waals surface area contributed by atoms with E-state index >= 15 is 0 Å². The van der Waals surface area contributed by atoms with Crippen molar-refractivity contribution in [2.75, 3.05) is 7.11 Å². The summed E-state index contributed by atoms with van der Waals surface area (Å²) >= 11 is 0. The van der Waals surface area contributed by atoms with Crippen molar-refractivity contribution in [3.05, 3.63) is 29.6 Å². The molecule has 0 bridgehead atoms. The van der Waals surface area contributed by atoms with Crippen LogP contribution in [0.4, 0.5) is 4.39 Å². The number of carboxylic acid groups (broad SMARTS) is 1.